The molecule has 0 spiro atoms. The number of carbonyl (C=O) groups excluding carboxylic acids is 1. The van der Waals surface area contributed by atoms with Gasteiger partial charge in [-0.25, -0.2) is 5.43 Å². The fourth-order valence-electron chi connectivity index (χ4n) is 2.34. The lowest BCUT2D eigenvalue weighted by molar-refractivity contribution is 0.0954. The molecule has 8 heteroatoms. The van der Waals surface area contributed by atoms with Gasteiger partial charge < -0.3 is 23.7 Å². The molecule has 1 amide bonds. The average molecular weight is 374 g/mol. The van der Waals surface area contributed by atoms with Gasteiger partial charge in [0.2, 0.25) is 5.75 Å². The molecule has 0 saturated heterocycles. The van der Waals surface area contributed by atoms with Gasteiger partial charge in [-0.05, 0) is 24.3 Å². The van der Waals surface area contributed by atoms with E-state index in [1.165, 1.54) is 41.8 Å². The normalized spacial score (nSPS) is 10.4. The van der Waals surface area contributed by atoms with Crippen molar-refractivity contribution in [1.82, 2.24) is 5.43 Å². The quantitative estimate of drug-likeness (QED) is 0.564. The number of hydrogen-bond donors (Lipinski definition) is 1. The second-order valence-electron chi connectivity index (χ2n) is 5.26. The van der Waals surface area contributed by atoms with Gasteiger partial charge in [0.05, 0.1) is 41.8 Å². The number of ether oxygens (including phenoxy) is 5. The third-order valence-corrected chi connectivity index (χ3v) is 3.68. The maximum absolute atomic E-state index is 12.3. The minimum absolute atomic E-state index is 0.355. The largest absolute Gasteiger partial charge is 0.497 e. The highest BCUT2D eigenvalue weighted by atomic mass is 16.5. The molecule has 0 saturated carbocycles. The van der Waals surface area contributed by atoms with Crippen LogP contribution in [0.15, 0.2) is 35.4 Å². The highest BCUT2D eigenvalue weighted by molar-refractivity contribution is 5.95. The summed E-state index contributed by atoms with van der Waals surface area (Å²) < 4.78 is 26.2. The van der Waals surface area contributed by atoms with Crippen LogP contribution in [0.3, 0.4) is 0 Å². The van der Waals surface area contributed by atoms with Gasteiger partial charge in [0.15, 0.2) is 11.5 Å². The smallest absolute Gasteiger partial charge is 0.271 e. The molecule has 0 atom stereocenters. The molecular weight excluding hydrogens is 352 g/mol. The van der Waals surface area contributed by atoms with Crippen molar-refractivity contribution in [2.45, 2.75) is 0 Å². The summed E-state index contributed by atoms with van der Waals surface area (Å²) in [6.07, 6.45) is 1.47. The fourth-order valence-corrected chi connectivity index (χ4v) is 2.34. The van der Waals surface area contributed by atoms with Gasteiger partial charge in [-0.3, -0.25) is 4.79 Å². The molecule has 0 unspecified atom stereocenters. The topological polar surface area (TPSA) is 87.6 Å². The second-order valence-corrected chi connectivity index (χ2v) is 5.26. The molecule has 0 aliphatic rings. The third-order valence-electron chi connectivity index (χ3n) is 3.68. The minimum atomic E-state index is -0.407. The van der Waals surface area contributed by atoms with Crippen LogP contribution in [0.1, 0.15) is 15.9 Å². The van der Waals surface area contributed by atoms with Crippen LogP contribution in [0.4, 0.5) is 0 Å². The molecule has 2 aromatic rings. The maximum atomic E-state index is 12.3. The Kier molecular flexibility index (Phi) is 6.87. The first-order valence-corrected chi connectivity index (χ1v) is 7.92. The predicted molar refractivity (Wildman–Crippen MR) is 101 cm³/mol. The van der Waals surface area contributed by atoms with Crippen LogP contribution in [0.5, 0.6) is 28.7 Å². The molecule has 0 heterocycles. The number of rotatable bonds is 8. The van der Waals surface area contributed by atoms with Gasteiger partial charge in [0, 0.05) is 17.2 Å². The molecule has 2 rings (SSSR count). The molecule has 8 nitrogen and oxygen atoms in total. The van der Waals surface area contributed by atoms with E-state index < -0.39 is 5.91 Å². The number of hydrogen-bond acceptors (Lipinski definition) is 7. The number of hydrazone groups is 1. The number of nitrogens with one attached hydrogen (secondary N) is 1. The Morgan fingerprint density at radius 3 is 1.81 bits per heavy atom. The Labute approximate surface area is 157 Å². The lowest BCUT2D eigenvalue weighted by Gasteiger charge is -2.12. The van der Waals surface area contributed by atoms with Crippen LogP contribution < -0.4 is 29.1 Å². The van der Waals surface area contributed by atoms with Gasteiger partial charge in [-0.15, -0.1) is 0 Å². The molecule has 144 valence electrons. The SMILES string of the molecule is COc1cc(OC)cc(C(=O)N/N=C/c2cc(OC)c(OC)c(OC)c2)c1. The molecular formula is C19H22N2O6. The highest BCUT2D eigenvalue weighted by Crippen LogP contribution is 2.37. The predicted octanol–water partition coefficient (Wildman–Crippen LogP) is 2.49. The highest BCUT2D eigenvalue weighted by Gasteiger charge is 2.13. The van der Waals surface area contributed by atoms with Crippen molar-refractivity contribution in [2.75, 3.05) is 35.5 Å². The van der Waals surface area contributed by atoms with E-state index in [-0.39, 0.29) is 0 Å². The summed E-state index contributed by atoms with van der Waals surface area (Å²) in [6, 6.07) is 8.28. The van der Waals surface area contributed by atoms with Crippen molar-refractivity contribution < 1.29 is 28.5 Å². The van der Waals surface area contributed by atoms with Crippen LogP contribution >= 0.6 is 0 Å². The lowest BCUT2D eigenvalue weighted by Crippen LogP contribution is -2.17. The van der Waals surface area contributed by atoms with E-state index in [9.17, 15) is 4.79 Å². The molecule has 0 bridgehead atoms. The summed E-state index contributed by atoms with van der Waals surface area (Å²) in [7, 11) is 7.60. The molecule has 2 aromatic carbocycles. The summed E-state index contributed by atoms with van der Waals surface area (Å²) in [5.41, 5.74) is 3.48. The van der Waals surface area contributed by atoms with Crippen LogP contribution in [0, 0.1) is 0 Å². The van der Waals surface area contributed by atoms with E-state index in [0.29, 0.717) is 39.9 Å². The number of carbonyl (C=O) groups is 1. The van der Waals surface area contributed by atoms with Gasteiger partial charge in [-0.1, -0.05) is 0 Å². The van der Waals surface area contributed by atoms with Crippen molar-refractivity contribution >= 4 is 12.1 Å². The molecule has 27 heavy (non-hydrogen) atoms. The Morgan fingerprint density at radius 2 is 1.37 bits per heavy atom. The number of amides is 1. The second kappa shape index (κ2) is 9.33. The Balaban J connectivity index is 2.19. The summed E-state index contributed by atoms with van der Waals surface area (Å²) in [5, 5.41) is 3.98. The van der Waals surface area contributed by atoms with Crippen LogP contribution in [-0.4, -0.2) is 47.7 Å². The van der Waals surface area contributed by atoms with Gasteiger partial charge in [-0.2, -0.15) is 5.10 Å². The standard InChI is InChI=1S/C19H22N2O6/c1-23-14-8-13(9-15(10-14)24-2)19(22)21-20-11-12-6-16(25-3)18(27-5)17(7-12)26-4/h6-11H,1-5H3,(H,21,22)/b20-11+. The van der Waals surface area contributed by atoms with E-state index in [2.05, 4.69) is 10.5 Å². The molecule has 0 fully saturated rings. The molecule has 0 aliphatic heterocycles. The van der Waals surface area contributed by atoms with E-state index in [1.807, 2.05) is 0 Å². The van der Waals surface area contributed by atoms with Crippen molar-refractivity contribution in [3.8, 4) is 28.7 Å². The van der Waals surface area contributed by atoms with Gasteiger partial charge in [0.25, 0.3) is 5.91 Å². The first-order chi connectivity index (χ1) is 13.1. The van der Waals surface area contributed by atoms with E-state index in [1.54, 1.807) is 30.3 Å². The molecule has 0 aliphatic carbocycles. The summed E-state index contributed by atoms with van der Waals surface area (Å²) >= 11 is 0. The zero-order chi connectivity index (χ0) is 19.8. The minimum Gasteiger partial charge on any atom is -0.497 e. The van der Waals surface area contributed by atoms with Crippen LogP contribution in [0.25, 0.3) is 0 Å². The van der Waals surface area contributed by atoms with Crippen molar-refractivity contribution in [1.29, 1.82) is 0 Å². The van der Waals surface area contributed by atoms with E-state index in [4.69, 9.17) is 23.7 Å². The number of benzene rings is 2. The monoisotopic (exact) mass is 374 g/mol. The first kappa shape index (κ1) is 19.9. The zero-order valence-electron chi connectivity index (χ0n) is 15.9. The lowest BCUT2D eigenvalue weighted by atomic mass is 10.2. The van der Waals surface area contributed by atoms with E-state index in [0.717, 1.165) is 0 Å². The van der Waals surface area contributed by atoms with Crippen molar-refractivity contribution in [3.05, 3.63) is 41.5 Å². The maximum Gasteiger partial charge on any atom is 0.271 e. The van der Waals surface area contributed by atoms with Crippen molar-refractivity contribution in [3.63, 3.8) is 0 Å². The summed E-state index contributed by atoms with van der Waals surface area (Å²) in [5.74, 6) is 2.06. The molecule has 0 aromatic heterocycles. The first-order valence-electron chi connectivity index (χ1n) is 7.92. The average Bonchev–Trinajstić information content (AvgIpc) is 2.72. The van der Waals surface area contributed by atoms with Crippen molar-refractivity contribution in [2.24, 2.45) is 5.10 Å². The Hall–Kier alpha value is -3.42. The Bertz CT molecular complexity index is 788. The molecule has 1 N–H and O–H groups in total. The number of methoxy groups -OCH3 is 5. The molecule has 0 radical (unpaired) electrons. The number of nitrogens with zero attached hydrogens (tertiary/aromatic N) is 1. The summed E-state index contributed by atoms with van der Waals surface area (Å²) in [6.45, 7) is 0. The van der Waals surface area contributed by atoms with Crippen LogP contribution in [-0.2, 0) is 0 Å². The van der Waals surface area contributed by atoms with Gasteiger partial charge in [0.1, 0.15) is 11.5 Å². The van der Waals surface area contributed by atoms with E-state index >= 15 is 0 Å². The van der Waals surface area contributed by atoms with Crippen LogP contribution in [0.2, 0.25) is 0 Å². The fraction of sp³-hybridized carbons (Fsp3) is 0.263. The summed E-state index contributed by atoms with van der Waals surface area (Å²) in [4.78, 5) is 12.3. The Morgan fingerprint density at radius 1 is 0.815 bits per heavy atom. The zero-order valence-corrected chi connectivity index (χ0v) is 15.9. The third kappa shape index (κ3) is 4.81. The van der Waals surface area contributed by atoms with Gasteiger partial charge >= 0.3 is 0 Å².